The number of hydrogen-bond acceptors (Lipinski definition) is 6. The zero-order valence-corrected chi connectivity index (χ0v) is 11.7. The molecule has 0 spiro atoms. The average Bonchev–Trinajstić information content (AvgIpc) is 2.78. The summed E-state index contributed by atoms with van der Waals surface area (Å²) in [4.78, 5) is 15.3. The summed E-state index contributed by atoms with van der Waals surface area (Å²) in [6.45, 7) is 1.45. The lowest BCUT2D eigenvalue weighted by molar-refractivity contribution is -0.145. The van der Waals surface area contributed by atoms with Crippen LogP contribution >= 0.6 is 11.6 Å². The lowest BCUT2D eigenvalue weighted by Crippen LogP contribution is -2.15. The fraction of sp³-hybridized carbons (Fsp3) is 0.250. The van der Waals surface area contributed by atoms with Crippen molar-refractivity contribution in [2.24, 2.45) is 0 Å². The molecule has 0 atom stereocenters. The average molecular weight is 316 g/mol. The molecule has 0 aliphatic carbocycles. The van der Waals surface area contributed by atoms with E-state index in [9.17, 15) is 14.4 Å². The Labute approximate surface area is 123 Å². The summed E-state index contributed by atoms with van der Waals surface area (Å²) in [5.41, 5.74) is -0.0135. The lowest BCUT2D eigenvalue weighted by atomic mass is 10.2. The van der Waals surface area contributed by atoms with E-state index in [1.54, 1.807) is 6.92 Å². The van der Waals surface area contributed by atoms with Crippen LogP contribution in [0.15, 0.2) is 18.2 Å². The van der Waals surface area contributed by atoms with Gasteiger partial charge in [0.2, 0.25) is 5.82 Å². The molecule has 1 heterocycles. The highest BCUT2D eigenvalue weighted by molar-refractivity contribution is 6.30. The molecule has 9 heteroatoms. The minimum Gasteiger partial charge on any atom is -0.463 e. The Kier molecular flexibility index (Phi) is 4.59. The quantitative estimate of drug-likeness (QED) is 0.670. The Hall–Kier alpha value is -2.35. The van der Waals surface area contributed by atoms with E-state index in [0.717, 1.165) is 6.07 Å². The van der Waals surface area contributed by atoms with Gasteiger partial charge in [-0.25, -0.2) is 9.18 Å². The number of halogens is 2. The molecular formula is C12H11ClFN3O4. The standard InChI is InChI=1S/C12H11ClFN3O4/c1-2-20-10(18)6-21-12-15-11(17(19)16-12)8-4-3-7(13)5-9(8)14/h3-5,19H,2,6H2,1H3. The van der Waals surface area contributed by atoms with Gasteiger partial charge in [-0.2, -0.15) is 4.98 Å². The van der Waals surface area contributed by atoms with Gasteiger partial charge in [-0.15, -0.1) is 0 Å². The van der Waals surface area contributed by atoms with E-state index in [4.69, 9.17) is 16.3 Å². The first-order chi connectivity index (χ1) is 10.0. The predicted molar refractivity (Wildman–Crippen MR) is 69.7 cm³/mol. The number of benzene rings is 1. The lowest BCUT2D eigenvalue weighted by Gasteiger charge is -2.01. The number of esters is 1. The van der Waals surface area contributed by atoms with Crippen molar-refractivity contribution in [2.75, 3.05) is 13.2 Å². The highest BCUT2D eigenvalue weighted by Gasteiger charge is 2.17. The maximum absolute atomic E-state index is 13.7. The van der Waals surface area contributed by atoms with Crippen molar-refractivity contribution in [1.82, 2.24) is 14.9 Å². The number of nitrogens with zero attached hydrogens (tertiary/aromatic N) is 3. The molecule has 0 amide bonds. The highest BCUT2D eigenvalue weighted by atomic mass is 35.5. The van der Waals surface area contributed by atoms with E-state index >= 15 is 0 Å². The largest absolute Gasteiger partial charge is 0.463 e. The van der Waals surface area contributed by atoms with Crippen molar-refractivity contribution in [1.29, 1.82) is 0 Å². The van der Waals surface area contributed by atoms with Crippen LogP contribution in [0.25, 0.3) is 11.4 Å². The van der Waals surface area contributed by atoms with Gasteiger partial charge in [-0.1, -0.05) is 21.5 Å². The molecule has 0 fully saturated rings. The number of ether oxygens (including phenoxy) is 2. The molecule has 7 nitrogen and oxygen atoms in total. The van der Waals surface area contributed by atoms with E-state index < -0.39 is 18.4 Å². The van der Waals surface area contributed by atoms with Crippen LogP contribution in [-0.4, -0.2) is 39.3 Å². The first-order valence-corrected chi connectivity index (χ1v) is 6.29. The Bertz CT molecular complexity index is 662. The highest BCUT2D eigenvalue weighted by Crippen LogP contribution is 2.24. The van der Waals surface area contributed by atoms with E-state index in [-0.39, 0.29) is 29.0 Å². The normalized spacial score (nSPS) is 10.4. The molecule has 1 aromatic heterocycles. The van der Waals surface area contributed by atoms with Crippen LogP contribution in [0.4, 0.5) is 4.39 Å². The van der Waals surface area contributed by atoms with Gasteiger partial charge in [0, 0.05) is 5.02 Å². The molecule has 112 valence electrons. The van der Waals surface area contributed by atoms with Gasteiger partial charge in [-0.3, -0.25) is 0 Å². The molecule has 0 radical (unpaired) electrons. The summed E-state index contributed by atoms with van der Waals surface area (Å²) in [5.74, 6) is -1.46. The summed E-state index contributed by atoms with van der Waals surface area (Å²) in [7, 11) is 0. The van der Waals surface area contributed by atoms with Crippen molar-refractivity contribution < 1.29 is 23.9 Å². The van der Waals surface area contributed by atoms with Crippen LogP contribution in [0.3, 0.4) is 0 Å². The molecular weight excluding hydrogens is 305 g/mol. The monoisotopic (exact) mass is 315 g/mol. The van der Waals surface area contributed by atoms with Crippen LogP contribution in [0, 0.1) is 5.82 Å². The fourth-order valence-electron chi connectivity index (χ4n) is 1.51. The van der Waals surface area contributed by atoms with Crippen molar-refractivity contribution in [3.63, 3.8) is 0 Å². The van der Waals surface area contributed by atoms with Crippen molar-refractivity contribution in [3.8, 4) is 17.4 Å². The second-order valence-electron chi connectivity index (χ2n) is 3.83. The van der Waals surface area contributed by atoms with Gasteiger partial charge in [0.15, 0.2) is 6.61 Å². The smallest absolute Gasteiger partial charge is 0.344 e. The van der Waals surface area contributed by atoms with E-state index in [0.29, 0.717) is 4.85 Å². The summed E-state index contributed by atoms with van der Waals surface area (Å²) < 4.78 is 23.3. The predicted octanol–water partition coefficient (Wildman–Crippen LogP) is 1.92. The first-order valence-electron chi connectivity index (χ1n) is 5.91. The van der Waals surface area contributed by atoms with Gasteiger partial charge in [0.05, 0.1) is 12.2 Å². The van der Waals surface area contributed by atoms with Gasteiger partial charge in [-0.05, 0) is 25.1 Å². The van der Waals surface area contributed by atoms with E-state index in [1.165, 1.54) is 12.1 Å². The molecule has 0 saturated carbocycles. The van der Waals surface area contributed by atoms with Crippen molar-refractivity contribution >= 4 is 17.6 Å². The molecule has 0 bridgehead atoms. The number of aromatic nitrogens is 3. The Morgan fingerprint density at radius 3 is 2.95 bits per heavy atom. The third kappa shape index (κ3) is 3.60. The molecule has 0 aliphatic rings. The fourth-order valence-corrected chi connectivity index (χ4v) is 1.67. The molecule has 0 aliphatic heterocycles. The molecule has 0 unspecified atom stereocenters. The van der Waals surface area contributed by atoms with Crippen LogP contribution < -0.4 is 4.74 Å². The topological polar surface area (TPSA) is 86.5 Å². The summed E-state index contributed by atoms with van der Waals surface area (Å²) in [6, 6.07) is 3.57. The van der Waals surface area contributed by atoms with Crippen LogP contribution in [0.2, 0.25) is 5.02 Å². The minimum absolute atomic E-state index is 0.0135. The first kappa shape index (κ1) is 15.0. The third-order valence-electron chi connectivity index (χ3n) is 2.37. The molecule has 1 aromatic carbocycles. The number of rotatable bonds is 5. The van der Waals surface area contributed by atoms with E-state index in [1.807, 2.05) is 0 Å². The molecule has 21 heavy (non-hydrogen) atoms. The number of carbonyl (C=O) groups excluding carboxylic acids is 1. The molecule has 1 N–H and O–H groups in total. The zero-order chi connectivity index (χ0) is 15.4. The maximum Gasteiger partial charge on any atom is 0.344 e. The maximum atomic E-state index is 13.7. The zero-order valence-electron chi connectivity index (χ0n) is 10.9. The van der Waals surface area contributed by atoms with Crippen LogP contribution in [0.5, 0.6) is 6.01 Å². The summed E-state index contributed by atoms with van der Waals surface area (Å²) in [6.07, 6.45) is 0. The summed E-state index contributed by atoms with van der Waals surface area (Å²) >= 11 is 5.64. The van der Waals surface area contributed by atoms with Crippen LogP contribution in [-0.2, 0) is 9.53 Å². The molecule has 2 rings (SSSR count). The van der Waals surface area contributed by atoms with Crippen molar-refractivity contribution in [2.45, 2.75) is 6.92 Å². The van der Waals surface area contributed by atoms with Gasteiger partial charge in [0.1, 0.15) is 5.82 Å². The molecule has 0 saturated heterocycles. The Morgan fingerprint density at radius 1 is 1.52 bits per heavy atom. The third-order valence-corrected chi connectivity index (χ3v) is 2.60. The SMILES string of the molecule is CCOC(=O)COc1nc(-c2ccc(Cl)cc2F)n(O)n1. The van der Waals surface area contributed by atoms with Crippen molar-refractivity contribution in [3.05, 3.63) is 29.0 Å². The second kappa shape index (κ2) is 6.40. The second-order valence-corrected chi connectivity index (χ2v) is 4.26. The Balaban J connectivity index is 2.17. The number of hydrogen-bond donors (Lipinski definition) is 1. The van der Waals surface area contributed by atoms with Gasteiger partial charge in [0.25, 0.3) is 0 Å². The van der Waals surface area contributed by atoms with Crippen LogP contribution in [0.1, 0.15) is 6.92 Å². The van der Waals surface area contributed by atoms with Gasteiger partial charge < -0.3 is 14.7 Å². The van der Waals surface area contributed by atoms with Gasteiger partial charge >= 0.3 is 12.0 Å². The molecule has 2 aromatic rings. The van der Waals surface area contributed by atoms with E-state index in [2.05, 4.69) is 14.8 Å². The summed E-state index contributed by atoms with van der Waals surface area (Å²) in [5, 5.41) is 13.3. The Morgan fingerprint density at radius 2 is 2.29 bits per heavy atom. The minimum atomic E-state index is -0.679. The number of carbonyl (C=O) groups is 1.